The Bertz CT molecular complexity index is 12.8. The van der Waals surface area contributed by atoms with Crippen LogP contribution < -0.4 is 0 Å². The van der Waals surface area contributed by atoms with Gasteiger partial charge >= 0.3 is 30.0 Å². The van der Waals surface area contributed by atoms with E-state index in [2.05, 4.69) is 20.5 Å². The standard InChI is InChI=1S/C3H6Cl.BrH.Zn/c1-2-3-4;;/h1-3H2;1H;/q-1;;+2/p-1. The summed E-state index contributed by atoms with van der Waals surface area (Å²) in [5, 5.41) is 0. The Morgan fingerprint density at radius 2 is 1.83 bits per heavy atom. The fraction of sp³-hybridized carbons (Fsp3) is 0.667. The van der Waals surface area contributed by atoms with Crippen LogP contribution in [-0.4, -0.2) is 5.88 Å². The van der Waals surface area contributed by atoms with Gasteiger partial charge in [-0.05, 0) is 5.88 Å². The summed E-state index contributed by atoms with van der Waals surface area (Å²) in [6, 6.07) is 0. The third-order valence-electron chi connectivity index (χ3n) is 0.134. The van der Waals surface area contributed by atoms with Gasteiger partial charge in [0.15, 0.2) is 0 Å². The van der Waals surface area contributed by atoms with Crippen LogP contribution in [-0.2, 0) is 16.3 Å². The molecule has 6 heavy (non-hydrogen) atoms. The zero-order valence-corrected chi connectivity index (χ0v) is 8.89. The van der Waals surface area contributed by atoms with Crippen LogP contribution >= 0.6 is 25.2 Å². The number of hydrogen-bond donors (Lipinski definition) is 0. The molecule has 0 bridgehead atoms. The molecule has 0 amide bonds. The molecule has 0 rings (SSSR count). The first-order valence-electron chi connectivity index (χ1n) is 1.53. The SMILES string of the molecule is [CH2-]CCCl.[Zn+][Br]. The van der Waals surface area contributed by atoms with E-state index in [-0.39, 0.29) is 0 Å². The number of alkyl halides is 1. The van der Waals surface area contributed by atoms with Gasteiger partial charge in [0.05, 0.1) is 0 Å². The van der Waals surface area contributed by atoms with Gasteiger partial charge in [0.2, 0.25) is 0 Å². The number of hydrogen-bond acceptors (Lipinski definition) is 0. The molecule has 0 N–H and O–H groups in total. The van der Waals surface area contributed by atoms with Crippen molar-refractivity contribution in [3.63, 3.8) is 0 Å². The Balaban J connectivity index is 0. The average Bonchev–Trinajstić information content (AvgIpc) is 1.72. The summed E-state index contributed by atoms with van der Waals surface area (Å²) in [5.41, 5.74) is 0. The molecule has 0 aromatic carbocycles. The molecule has 34 valence electrons. The van der Waals surface area contributed by atoms with Crippen LogP contribution in [0.25, 0.3) is 0 Å². The summed E-state index contributed by atoms with van der Waals surface area (Å²) in [6.45, 7) is 3.47. The van der Waals surface area contributed by atoms with Crippen molar-refractivity contribution in [1.82, 2.24) is 0 Å². The van der Waals surface area contributed by atoms with Gasteiger partial charge in [-0.25, -0.2) is 0 Å². The first kappa shape index (κ1) is 10.4. The van der Waals surface area contributed by atoms with E-state index in [4.69, 9.17) is 11.6 Å². The molecule has 0 heterocycles. The van der Waals surface area contributed by atoms with E-state index in [0.717, 1.165) is 6.42 Å². The molecule has 0 nitrogen and oxygen atoms in total. The first-order valence-corrected chi connectivity index (χ1v) is 9.02. The Morgan fingerprint density at radius 1 is 1.67 bits per heavy atom. The van der Waals surface area contributed by atoms with Crippen molar-refractivity contribution < 1.29 is 16.3 Å². The second-order valence-corrected chi connectivity index (χ2v) is 0.921. The number of rotatable bonds is 1. The molecular formula is C3H6BrClZn. The Morgan fingerprint density at radius 3 is 1.83 bits per heavy atom. The van der Waals surface area contributed by atoms with Gasteiger partial charge in [-0.2, -0.15) is 6.42 Å². The molecule has 0 fully saturated rings. The minimum absolute atomic E-state index is 0.681. The van der Waals surface area contributed by atoms with Gasteiger partial charge in [0.1, 0.15) is 0 Å². The van der Waals surface area contributed by atoms with Crippen molar-refractivity contribution in [1.29, 1.82) is 0 Å². The van der Waals surface area contributed by atoms with Crippen LogP contribution in [0.5, 0.6) is 0 Å². The Labute approximate surface area is 60.7 Å². The maximum atomic E-state index is 5.12. The van der Waals surface area contributed by atoms with Crippen LogP contribution in [0.15, 0.2) is 0 Å². The third kappa shape index (κ3) is 18.2. The van der Waals surface area contributed by atoms with Gasteiger partial charge in [-0.15, -0.1) is 11.6 Å². The van der Waals surface area contributed by atoms with E-state index in [1.807, 2.05) is 0 Å². The fourth-order valence-electron chi connectivity index (χ4n) is 0. The van der Waals surface area contributed by atoms with E-state index in [9.17, 15) is 0 Å². The molecule has 0 aromatic rings. The topological polar surface area (TPSA) is 0 Å². The molecule has 3 heteroatoms. The second-order valence-electron chi connectivity index (χ2n) is 0.543. The summed E-state index contributed by atoms with van der Waals surface area (Å²) in [6.07, 6.45) is 0.835. The zero-order valence-electron chi connectivity index (χ0n) is 3.58. The van der Waals surface area contributed by atoms with Gasteiger partial charge in [0.25, 0.3) is 0 Å². The summed E-state index contributed by atoms with van der Waals surface area (Å²) >= 11 is 9.37. The molecule has 0 aromatic heterocycles. The van der Waals surface area contributed by atoms with Crippen LogP contribution in [0.2, 0.25) is 0 Å². The van der Waals surface area contributed by atoms with E-state index < -0.39 is 0 Å². The number of halogens is 2. The summed E-state index contributed by atoms with van der Waals surface area (Å²) in [5.74, 6) is 0.681. The minimum atomic E-state index is 0.681. The van der Waals surface area contributed by atoms with Crippen LogP contribution in [0.1, 0.15) is 6.42 Å². The quantitative estimate of drug-likeness (QED) is 0.363. The molecular weight excluding hydrogens is 217 g/mol. The van der Waals surface area contributed by atoms with E-state index >= 15 is 0 Å². The molecule has 0 atom stereocenters. The van der Waals surface area contributed by atoms with E-state index in [1.165, 1.54) is 16.3 Å². The van der Waals surface area contributed by atoms with Crippen molar-refractivity contribution in [3.05, 3.63) is 6.92 Å². The molecule has 0 aliphatic carbocycles. The summed E-state index contributed by atoms with van der Waals surface area (Å²) in [7, 11) is 0. The molecule has 0 saturated carbocycles. The van der Waals surface area contributed by atoms with Gasteiger partial charge in [0, 0.05) is 0 Å². The molecule has 0 aliphatic heterocycles. The summed E-state index contributed by atoms with van der Waals surface area (Å²) < 4.78 is 0. The van der Waals surface area contributed by atoms with Gasteiger partial charge in [-0.3, -0.25) is 0 Å². The van der Waals surface area contributed by atoms with Crippen molar-refractivity contribution in [2.45, 2.75) is 6.42 Å². The Hall–Kier alpha value is 1.39. The molecule has 0 spiro atoms. The van der Waals surface area contributed by atoms with Gasteiger partial charge < -0.3 is 6.92 Å². The zero-order chi connectivity index (χ0) is 5.41. The van der Waals surface area contributed by atoms with Crippen molar-refractivity contribution >= 4 is 25.2 Å². The predicted molar refractivity (Wildman–Crippen MR) is 29.6 cm³/mol. The predicted octanol–water partition coefficient (Wildman–Crippen LogP) is 2.29. The fourth-order valence-corrected chi connectivity index (χ4v) is 0. The third-order valence-corrected chi connectivity index (χ3v) is 0.401. The molecule has 0 unspecified atom stereocenters. The monoisotopic (exact) mass is 220 g/mol. The molecule has 0 aliphatic rings. The molecule has 0 radical (unpaired) electrons. The van der Waals surface area contributed by atoms with Crippen LogP contribution in [0, 0.1) is 6.92 Å². The molecule has 0 saturated heterocycles. The second kappa shape index (κ2) is 16.2. The van der Waals surface area contributed by atoms with Crippen LogP contribution in [0.3, 0.4) is 0 Å². The van der Waals surface area contributed by atoms with Crippen molar-refractivity contribution in [2.75, 3.05) is 5.88 Å². The van der Waals surface area contributed by atoms with Crippen molar-refractivity contribution in [2.24, 2.45) is 0 Å². The van der Waals surface area contributed by atoms with E-state index in [0.29, 0.717) is 5.88 Å². The summed E-state index contributed by atoms with van der Waals surface area (Å²) in [4.78, 5) is 0. The average molecular weight is 223 g/mol. The van der Waals surface area contributed by atoms with Crippen LogP contribution in [0.4, 0.5) is 0 Å². The van der Waals surface area contributed by atoms with E-state index in [1.54, 1.807) is 0 Å². The first-order chi connectivity index (χ1) is 2.91. The Kier molecular flexibility index (Phi) is 28.0. The maximum absolute atomic E-state index is 5.12. The van der Waals surface area contributed by atoms with Crippen molar-refractivity contribution in [3.8, 4) is 0 Å². The van der Waals surface area contributed by atoms with Gasteiger partial charge in [-0.1, -0.05) is 0 Å². The normalized spacial score (nSPS) is 6.17.